The van der Waals surface area contributed by atoms with Gasteiger partial charge in [-0.3, -0.25) is 0 Å². The van der Waals surface area contributed by atoms with E-state index in [1.807, 2.05) is 41.3 Å². The zero-order valence-corrected chi connectivity index (χ0v) is 15.9. The second kappa shape index (κ2) is 7.64. The van der Waals surface area contributed by atoms with E-state index in [9.17, 15) is 4.79 Å². The fourth-order valence-corrected chi connectivity index (χ4v) is 3.31. The van der Waals surface area contributed by atoms with Gasteiger partial charge >= 0.3 is 6.03 Å². The molecule has 24 heavy (non-hydrogen) atoms. The van der Waals surface area contributed by atoms with Crippen LogP contribution in [0.1, 0.15) is 0 Å². The van der Waals surface area contributed by atoms with E-state index in [1.54, 1.807) is 6.07 Å². The van der Waals surface area contributed by atoms with Gasteiger partial charge in [0.1, 0.15) is 0 Å². The van der Waals surface area contributed by atoms with Crippen molar-refractivity contribution in [2.75, 3.05) is 36.4 Å². The molecule has 0 aliphatic carbocycles. The number of hydrogen-bond donors (Lipinski definition) is 1. The molecular formula is C17H16BrCl2N3O. The quantitative estimate of drug-likeness (QED) is 0.721. The Labute approximate surface area is 159 Å². The van der Waals surface area contributed by atoms with Crippen molar-refractivity contribution in [3.05, 3.63) is 57.0 Å². The van der Waals surface area contributed by atoms with Crippen molar-refractivity contribution in [1.29, 1.82) is 0 Å². The molecule has 4 nitrogen and oxygen atoms in total. The number of nitrogens with one attached hydrogen (secondary N) is 1. The Morgan fingerprint density at radius 1 is 1.00 bits per heavy atom. The van der Waals surface area contributed by atoms with Crippen molar-refractivity contribution in [3.63, 3.8) is 0 Å². The minimum atomic E-state index is -0.0816. The Morgan fingerprint density at radius 3 is 2.42 bits per heavy atom. The van der Waals surface area contributed by atoms with Crippen LogP contribution in [0.5, 0.6) is 0 Å². The van der Waals surface area contributed by atoms with Crippen LogP contribution in [0.25, 0.3) is 0 Å². The summed E-state index contributed by atoms with van der Waals surface area (Å²) in [6, 6.07) is 13.1. The maximum atomic E-state index is 12.4. The highest BCUT2D eigenvalue weighted by Gasteiger charge is 2.21. The average Bonchev–Trinajstić information content (AvgIpc) is 2.57. The van der Waals surface area contributed by atoms with Gasteiger partial charge in [-0.1, -0.05) is 45.2 Å². The van der Waals surface area contributed by atoms with Gasteiger partial charge in [0.15, 0.2) is 0 Å². The first-order valence-electron chi connectivity index (χ1n) is 7.54. The Hall–Kier alpha value is -1.43. The number of benzene rings is 2. The lowest BCUT2D eigenvalue weighted by Gasteiger charge is -2.36. The number of carbonyl (C=O) groups is 1. The molecule has 2 aromatic rings. The molecule has 1 fully saturated rings. The largest absolute Gasteiger partial charge is 0.368 e. The maximum absolute atomic E-state index is 12.4. The van der Waals surface area contributed by atoms with E-state index in [1.165, 1.54) is 0 Å². The van der Waals surface area contributed by atoms with E-state index in [0.29, 0.717) is 23.1 Å². The minimum Gasteiger partial charge on any atom is -0.368 e. The summed E-state index contributed by atoms with van der Waals surface area (Å²) in [5, 5.41) is 4.02. The predicted molar refractivity (Wildman–Crippen MR) is 103 cm³/mol. The number of amides is 2. The highest BCUT2D eigenvalue weighted by atomic mass is 79.9. The fraction of sp³-hybridized carbons (Fsp3) is 0.235. The van der Waals surface area contributed by atoms with E-state index >= 15 is 0 Å². The molecule has 2 amide bonds. The van der Waals surface area contributed by atoms with Crippen LogP contribution in [0.15, 0.2) is 46.9 Å². The fourth-order valence-electron chi connectivity index (χ4n) is 2.62. The summed E-state index contributed by atoms with van der Waals surface area (Å²) >= 11 is 15.4. The van der Waals surface area contributed by atoms with Gasteiger partial charge in [-0.25, -0.2) is 4.79 Å². The monoisotopic (exact) mass is 427 g/mol. The molecule has 2 aromatic carbocycles. The van der Waals surface area contributed by atoms with Crippen LogP contribution >= 0.6 is 39.1 Å². The third-order valence-electron chi connectivity index (χ3n) is 3.91. The van der Waals surface area contributed by atoms with Crippen LogP contribution in [-0.4, -0.2) is 37.1 Å². The van der Waals surface area contributed by atoms with Crippen LogP contribution in [0.3, 0.4) is 0 Å². The van der Waals surface area contributed by atoms with Crippen LogP contribution in [0.2, 0.25) is 10.0 Å². The number of piperazine rings is 1. The zero-order valence-electron chi connectivity index (χ0n) is 12.8. The first kappa shape index (κ1) is 17.4. The highest BCUT2D eigenvalue weighted by Crippen LogP contribution is 2.27. The summed E-state index contributed by atoms with van der Waals surface area (Å²) in [5.41, 5.74) is 1.80. The summed E-state index contributed by atoms with van der Waals surface area (Å²) < 4.78 is 0.935. The molecule has 1 aliphatic rings. The first-order chi connectivity index (χ1) is 11.5. The Balaban J connectivity index is 1.58. The molecule has 0 unspecified atom stereocenters. The number of nitrogens with zero attached hydrogens (tertiary/aromatic N) is 2. The van der Waals surface area contributed by atoms with Crippen molar-refractivity contribution < 1.29 is 4.79 Å². The first-order valence-corrected chi connectivity index (χ1v) is 9.09. The molecule has 1 heterocycles. The van der Waals surface area contributed by atoms with Gasteiger partial charge in [0.2, 0.25) is 0 Å². The highest BCUT2D eigenvalue weighted by molar-refractivity contribution is 9.10. The zero-order chi connectivity index (χ0) is 17.1. The number of rotatable bonds is 2. The number of anilines is 2. The van der Waals surface area contributed by atoms with Gasteiger partial charge in [0, 0.05) is 42.0 Å². The lowest BCUT2D eigenvalue weighted by molar-refractivity contribution is 0.208. The molecule has 3 rings (SSSR count). The molecule has 126 valence electrons. The van der Waals surface area contributed by atoms with Crippen molar-refractivity contribution in [3.8, 4) is 0 Å². The molecule has 0 aromatic heterocycles. The smallest absolute Gasteiger partial charge is 0.321 e. The van der Waals surface area contributed by atoms with Crippen molar-refractivity contribution >= 4 is 56.5 Å². The molecule has 1 saturated heterocycles. The molecule has 0 radical (unpaired) electrons. The standard InChI is InChI=1S/C17H16BrCl2N3O/c18-12-2-1-3-13(10-12)21-17(24)23-8-6-22(7-9-23)14-4-5-15(19)16(20)11-14/h1-5,10-11H,6-9H2,(H,21,24). The summed E-state index contributed by atoms with van der Waals surface area (Å²) in [5.74, 6) is 0. The Morgan fingerprint density at radius 2 is 1.75 bits per heavy atom. The third-order valence-corrected chi connectivity index (χ3v) is 5.14. The van der Waals surface area contributed by atoms with Gasteiger partial charge in [0.05, 0.1) is 10.0 Å². The predicted octanol–water partition coefficient (Wildman–Crippen LogP) is 5.11. The van der Waals surface area contributed by atoms with E-state index in [-0.39, 0.29) is 6.03 Å². The van der Waals surface area contributed by atoms with E-state index in [0.717, 1.165) is 28.9 Å². The number of hydrogen-bond acceptors (Lipinski definition) is 2. The van der Waals surface area contributed by atoms with E-state index in [4.69, 9.17) is 23.2 Å². The second-order valence-electron chi connectivity index (χ2n) is 5.51. The molecule has 0 saturated carbocycles. The van der Waals surface area contributed by atoms with Crippen molar-refractivity contribution in [2.45, 2.75) is 0 Å². The van der Waals surface area contributed by atoms with Gasteiger partial charge < -0.3 is 15.1 Å². The molecule has 0 bridgehead atoms. The number of urea groups is 1. The van der Waals surface area contributed by atoms with Crippen molar-refractivity contribution in [2.24, 2.45) is 0 Å². The Bertz CT molecular complexity index is 748. The summed E-state index contributed by atoms with van der Waals surface area (Å²) in [4.78, 5) is 16.4. The van der Waals surface area contributed by atoms with Gasteiger partial charge in [-0.05, 0) is 36.4 Å². The molecule has 1 aliphatic heterocycles. The van der Waals surface area contributed by atoms with Crippen LogP contribution in [0.4, 0.5) is 16.2 Å². The lowest BCUT2D eigenvalue weighted by Crippen LogP contribution is -2.50. The average molecular weight is 429 g/mol. The molecule has 0 atom stereocenters. The van der Waals surface area contributed by atoms with Crippen LogP contribution in [0, 0.1) is 0 Å². The SMILES string of the molecule is O=C(Nc1cccc(Br)c1)N1CCN(c2ccc(Cl)c(Cl)c2)CC1. The maximum Gasteiger partial charge on any atom is 0.321 e. The van der Waals surface area contributed by atoms with Crippen LogP contribution in [-0.2, 0) is 0 Å². The lowest BCUT2D eigenvalue weighted by atomic mass is 10.2. The number of halogens is 3. The van der Waals surface area contributed by atoms with Gasteiger partial charge in [0.25, 0.3) is 0 Å². The molecular weight excluding hydrogens is 413 g/mol. The third kappa shape index (κ3) is 4.15. The van der Waals surface area contributed by atoms with Gasteiger partial charge in [-0.2, -0.15) is 0 Å². The second-order valence-corrected chi connectivity index (χ2v) is 7.24. The normalized spacial score (nSPS) is 14.6. The summed E-state index contributed by atoms with van der Waals surface area (Å²) in [7, 11) is 0. The molecule has 0 spiro atoms. The minimum absolute atomic E-state index is 0.0816. The topological polar surface area (TPSA) is 35.6 Å². The number of carbonyl (C=O) groups excluding carboxylic acids is 1. The van der Waals surface area contributed by atoms with E-state index in [2.05, 4.69) is 26.1 Å². The summed E-state index contributed by atoms with van der Waals surface area (Å²) in [6.45, 7) is 2.81. The van der Waals surface area contributed by atoms with Crippen LogP contribution < -0.4 is 10.2 Å². The van der Waals surface area contributed by atoms with Crippen molar-refractivity contribution in [1.82, 2.24) is 4.90 Å². The van der Waals surface area contributed by atoms with E-state index < -0.39 is 0 Å². The van der Waals surface area contributed by atoms with Gasteiger partial charge in [-0.15, -0.1) is 0 Å². The molecule has 7 heteroatoms. The summed E-state index contributed by atoms with van der Waals surface area (Å²) in [6.07, 6.45) is 0. The molecule has 1 N–H and O–H groups in total. The Kier molecular flexibility index (Phi) is 5.54.